The first-order valence-electron chi connectivity index (χ1n) is 8.13. The second kappa shape index (κ2) is 4.05. The van der Waals surface area contributed by atoms with Crippen LogP contribution < -0.4 is 0 Å². The molecule has 0 amide bonds. The first kappa shape index (κ1) is 13.0. The van der Waals surface area contributed by atoms with Crippen molar-refractivity contribution in [3.8, 4) is 11.1 Å². The number of hydrogen-bond acceptors (Lipinski definition) is 1. The van der Waals surface area contributed by atoms with Gasteiger partial charge in [0.2, 0.25) is 0 Å². The highest BCUT2D eigenvalue weighted by Gasteiger charge is 2.38. The lowest BCUT2D eigenvalue weighted by Crippen LogP contribution is -2.15. The van der Waals surface area contributed by atoms with Gasteiger partial charge in [-0.15, -0.1) is 0 Å². The second-order valence-corrected chi connectivity index (χ2v) is 7.14. The maximum atomic E-state index is 6.32. The number of furan rings is 1. The molecule has 1 nitrogen and oxygen atoms in total. The monoisotopic (exact) mass is 298 g/mol. The third kappa shape index (κ3) is 1.52. The van der Waals surface area contributed by atoms with Gasteiger partial charge in [0.05, 0.1) is 0 Å². The summed E-state index contributed by atoms with van der Waals surface area (Å²) in [7, 11) is 0. The van der Waals surface area contributed by atoms with Crippen LogP contribution >= 0.6 is 0 Å². The van der Waals surface area contributed by atoms with Crippen LogP contribution in [0.15, 0.2) is 59.0 Å². The van der Waals surface area contributed by atoms with E-state index >= 15 is 0 Å². The van der Waals surface area contributed by atoms with Gasteiger partial charge in [0.1, 0.15) is 11.2 Å². The highest BCUT2D eigenvalue weighted by molar-refractivity contribution is 6.09. The Kier molecular flexibility index (Phi) is 2.28. The predicted octanol–water partition coefficient (Wildman–Crippen LogP) is 6.20. The second-order valence-electron chi connectivity index (χ2n) is 7.14. The van der Waals surface area contributed by atoms with E-state index < -0.39 is 0 Å². The molecule has 1 heterocycles. The van der Waals surface area contributed by atoms with Gasteiger partial charge in [0.25, 0.3) is 0 Å². The number of hydrogen-bond donors (Lipinski definition) is 0. The Morgan fingerprint density at radius 3 is 2.52 bits per heavy atom. The summed E-state index contributed by atoms with van der Waals surface area (Å²) in [6.07, 6.45) is 0. The molecule has 0 radical (unpaired) electrons. The summed E-state index contributed by atoms with van der Waals surface area (Å²) in [5.74, 6) is 0. The van der Waals surface area contributed by atoms with Gasteiger partial charge in [-0.2, -0.15) is 0 Å². The molecule has 1 aromatic heterocycles. The molecule has 1 heteroatoms. The fourth-order valence-electron chi connectivity index (χ4n) is 4.20. The molecule has 0 saturated heterocycles. The number of fused-ring (bicyclic) bond motifs is 7. The van der Waals surface area contributed by atoms with E-state index in [1.807, 2.05) is 0 Å². The van der Waals surface area contributed by atoms with Crippen molar-refractivity contribution in [2.45, 2.75) is 26.2 Å². The van der Waals surface area contributed by atoms with Gasteiger partial charge in [0.15, 0.2) is 0 Å². The van der Waals surface area contributed by atoms with Crippen molar-refractivity contribution in [1.29, 1.82) is 0 Å². The van der Waals surface area contributed by atoms with E-state index in [2.05, 4.69) is 75.4 Å². The van der Waals surface area contributed by atoms with E-state index in [4.69, 9.17) is 4.42 Å². The minimum atomic E-state index is -0.0334. The van der Waals surface area contributed by atoms with Crippen molar-refractivity contribution in [1.82, 2.24) is 0 Å². The van der Waals surface area contributed by atoms with E-state index in [0.29, 0.717) is 0 Å². The van der Waals surface area contributed by atoms with Gasteiger partial charge < -0.3 is 4.42 Å². The zero-order valence-corrected chi connectivity index (χ0v) is 13.6. The third-order valence-corrected chi connectivity index (χ3v) is 5.31. The summed E-state index contributed by atoms with van der Waals surface area (Å²) in [5, 5.41) is 2.44. The molecule has 0 N–H and O–H groups in total. The highest BCUT2D eigenvalue weighted by atomic mass is 16.3. The van der Waals surface area contributed by atoms with Gasteiger partial charge in [-0.3, -0.25) is 0 Å². The van der Waals surface area contributed by atoms with Crippen LogP contribution in [0.4, 0.5) is 0 Å². The van der Waals surface area contributed by atoms with E-state index in [1.54, 1.807) is 0 Å². The molecule has 0 unspecified atom stereocenters. The first-order chi connectivity index (χ1) is 11.1. The molecule has 5 rings (SSSR count). The fraction of sp³-hybridized carbons (Fsp3) is 0.182. The molecule has 0 bridgehead atoms. The van der Waals surface area contributed by atoms with Gasteiger partial charge in [-0.25, -0.2) is 0 Å². The van der Waals surface area contributed by atoms with Gasteiger partial charge in [-0.05, 0) is 41.8 Å². The van der Waals surface area contributed by atoms with Crippen molar-refractivity contribution < 1.29 is 4.42 Å². The van der Waals surface area contributed by atoms with Crippen LogP contribution in [0, 0.1) is 6.92 Å². The molecule has 23 heavy (non-hydrogen) atoms. The molecule has 0 spiro atoms. The smallest absolute Gasteiger partial charge is 0.140 e. The molecule has 0 aliphatic heterocycles. The van der Waals surface area contributed by atoms with Crippen molar-refractivity contribution in [2.75, 3.05) is 0 Å². The van der Waals surface area contributed by atoms with E-state index in [1.165, 1.54) is 38.6 Å². The van der Waals surface area contributed by atoms with Crippen molar-refractivity contribution in [3.63, 3.8) is 0 Å². The summed E-state index contributed by atoms with van der Waals surface area (Å²) in [6, 6.07) is 19.6. The van der Waals surface area contributed by atoms with Crippen LogP contribution in [-0.2, 0) is 5.41 Å². The molecule has 4 aromatic rings. The first-order valence-corrected chi connectivity index (χ1v) is 8.13. The molecular weight excluding hydrogens is 280 g/mol. The Morgan fingerprint density at radius 1 is 0.826 bits per heavy atom. The van der Waals surface area contributed by atoms with Crippen LogP contribution in [0.1, 0.15) is 30.5 Å². The lowest BCUT2D eigenvalue weighted by molar-refractivity contribution is 0.620. The summed E-state index contributed by atoms with van der Waals surface area (Å²) in [5.41, 5.74) is 8.62. The van der Waals surface area contributed by atoms with Crippen molar-refractivity contribution in [3.05, 3.63) is 71.3 Å². The van der Waals surface area contributed by atoms with Crippen molar-refractivity contribution in [2.24, 2.45) is 0 Å². The van der Waals surface area contributed by atoms with Gasteiger partial charge in [0, 0.05) is 21.8 Å². The predicted molar refractivity (Wildman–Crippen MR) is 96.0 cm³/mol. The zero-order valence-electron chi connectivity index (χ0n) is 13.6. The van der Waals surface area contributed by atoms with E-state index in [9.17, 15) is 0 Å². The van der Waals surface area contributed by atoms with Crippen LogP contribution in [0.2, 0.25) is 0 Å². The van der Waals surface area contributed by atoms with Crippen LogP contribution in [-0.4, -0.2) is 0 Å². The molecular formula is C22H18O. The quantitative estimate of drug-likeness (QED) is 0.376. The van der Waals surface area contributed by atoms with E-state index in [0.717, 1.165) is 11.2 Å². The fourth-order valence-corrected chi connectivity index (χ4v) is 4.20. The largest absolute Gasteiger partial charge is 0.456 e. The Morgan fingerprint density at radius 2 is 1.65 bits per heavy atom. The maximum absolute atomic E-state index is 6.32. The molecule has 1 aliphatic rings. The molecule has 3 aromatic carbocycles. The number of rotatable bonds is 0. The normalized spacial score (nSPS) is 15.1. The topological polar surface area (TPSA) is 13.1 Å². The molecule has 0 fully saturated rings. The lowest BCUT2D eigenvalue weighted by atomic mass is 9.82. The molecule has 0 atom stereocenters. The summed E-state index contributed by atoms with van der Waals surface area (Å²) >= 11 is 0. The van der Waals surface area contributed by atoms with E-state index in [-0.39, 0.29) is 5.41 Å². The summed E-state index contributed by atoms with van der Waals surface area (Å²) in [6.45, 7) is 6.73. The Bertz CT molecular complexity index is 1100. The molecule has 0 saturated carbocycles. The Hall–Kier alpha value is -2.54. The summed E-state index contributed by atoms with van der Waals surface area (Å²) in [4.78, 5) is 0. The maximum Gasteiger partial charge on any atom is 0.140 e. The van der Waals surface area contributed by atoms with Crippen LogP contribution in [0.25, 0.3) is 33.1 Å². The SMILES string of the molecule is Cc1ccc2oc3c4c(ccc3c2c1)-c1ccccc1C4(C)C. The average Bonchev–Trinajstić information content (AvgIpc) is 3.01. The Balaban J connectivity index is 1.97. The van der Waals surface area contributed by atoms with Crippen LogP contribution in [0.3, 0.4) is 0 Å². The minimum absolute atomic E-state index is 0.0334. The number of benzene rings is 3. The Labute approximate surface area is 135 Å². The number of aryl methyl sites for hydroxylation is 1. The zero-order chi connectivity index (χ0) is 15.8. The highest BCUT2D eigenvalue weighted by Crippen LogP contribution is 2.52. The lowest BCUT2D eigenvalue weighted by Gasteiger charge is -2.21. The third-order valence-electron chi connectivity index (χ3n) is 5.31. The molecule has 1 aliphatic carbocycles. The molecule has 112 valence electrons. The van der Waals surface area contributed by atoms with Crippen LogP contribution in [0.5, 0.6) is 0 Å². The van der Waals surface area contributed by atoms with Crippen molar-refractivity contribution >= 4 is 21.9 Å². The minimum Gasteiger partial charge on any atom is -0.456 e. The standard InChI is InChI=1S/C22H18O/c1-13-8-11-19-17(12-13)16-10-9-15-14-6-4-5-7-18(14)22(2,3)20(15)21(16)23-19/h4-12H,1-3H3. The summed E-state index contributed by atoms with van der Waals surface area (Å²) < 4.78 is 6.32. The average molecular weight is 298 g/mol. The van der Waals surface area contributed by atoms with Gasteiger partial charge >= 0.3 is 0 Å². The van der Waals surface area contributed by atoms with Gasteiger partial charge in [-0.1, -0.05) is 55.8 Å².